The Bertz CT molecular complexity index is 1670. The van der Waals surface area contributed by atoms with E-state index in [0.29, 0.717) is 29.6 Å². The van der Waals surface area contributed by atoms with E-state index in [1.54, 1.807) is 12.3 Å². The smallest absolute Gasteiger partial charge is 0.303 e. The Morgan fingerprint density at radius 1 is 0.843 bits per heavy atom. The predicted octanol–water partition coefficient (Wildman–Crippen LogP) is 11.5. The number of allylic oxidation sites excluding steroid dienone is 5. The van der Waals surface area contributed by atoms with Gasteiger partial charge >= 0.3 is 5.97 Å². The molecule has 1 aliphatic rings. The van der Waals surface area contributed by atoms with Crippen molar-refractivity contribution in [3.05, 3.63) is 66.8 Å². The molecule has 3 N–H and O–H groups in total. The lowest BCUT2D eigenvalue weighted by atomic mass is 9.67. The lowest BCUT2D eigenvalue weighted by Crippen LogP contribution is -2.30. The van der Waals surface area contributed by atoms with Crippen molar-refractivity contribution in [3.8, 4) is 29.4 Å². The van der Waals surface area contributed by atoms with Crippen LogP contribution in [0.15, 0.2) is 71.8 Å². The van der Waals surface area contributed by atoms with Gasteiger partial charge in [-0.1, -0.05) is 139 Å². The van der Waals surface area contributed by atoms with Gasteiger partial charge in [0.15, 0.2) is 0 Å². The molecule has 272 valence electrons. The fraction of sp³-hybridized carbons (Fsp3) is 0.489. The van der Waals surface area contributed by atoms with Crippen LogP contribution in [0, 0.1) is 40.9 Å². The molecular weight excluding hydrogens is 633 g/mol. The zero-order valence-corrected chi connectivity index (χ0v) is 31.1. The second-order valence-corrected chi connectivity index (χ2v) is 14.3. The first kappa shape index (κ1) is 40.9. The third kappa shape index (κ3) is 14.3. The summed E-state index contributed by atoms with van der Waals surface area (Å²) in [7, 11) is 0. The molecule has 0 radical (unpaired) electrons. The van der Waals surface area contributed by atoms with Gasteiger partial charge < -0.3 is 15.5 Å². The van der Waals surface area contributed by atoms with Crippen LogP contribution in [0.4, 0.5) is 11.4 Å². The molecule has 2 aromatic carbocycles. The Labute approximate surface area is 306 Å². The van der Waals surface area contributed by atoms with Crippen molar-refractivity contribution in [1.29, 1.82) is 0 Å². The van der Waals surface area contributed by atoms with Crippen LogP contribution in [0.2, 0.25) is 0 Å². The number of aliphatic imine (C=N–C) groups is 1. The van der Waals surface area contributed by atoms with Crippen molar-refractivity contribution in [2.75, 3.05) is 5.32 Å². The zero-order valence-electron chi connectivity index (χ0n) is 31.1. The van der Waals surface area contributed by atoms with Gasteiger partial charge in [0.05, 0.1) is 5.69 Å². The standard InChI is InChI=1S/C45H58N2O4/c1-35-27-23-26-30-39(35)45(3,4)36(2)34-46-44-38-29-25-24-28-37(38)40(33-41(44)48)47-42(49)31-21-19-17-15-13-11-9-7-5-6-8-10-12-14-16-18-20-22-32-43(50)51/h23-30,33-35,39,48H,2,9-22,31-32H2,1,3-4H3,(H,47,49)(H,50,51)/b46-34-. The van der Waals surface area contributed by atoms with Crippen LogP contribution in [0.25, 0.3) is 10.8 Å². The molecule has 2 atom stereocenters. The Morgan fingerprint density at radius 2 is 1.39 bits per heavy atom. The number of phenols is 1. The molecule has 6 heteroatoms. The molecule has 2 aromatic rings. The topological polar surface area (TPSA) is 99.0 Å². The molecule has 0 aromatic heterocycles. The van der Waals surface area contributed by atoms with Gasteiger partial charge in [0, 0.05) is 48.7 Å². The zero-order chi connectivity index (χ0) is 36.9. The number of carboxylic acid groups (broad SMARTS) is 1. The number of aliphatic carboxylic acids is 1. The van der Waals surface area contributed by atoms with Crippen LogP contribution in [0.5, 0.6) is 5.75 Å². The highest BCUT2D eigenvalue weighted by molar-refractivity contribution is 6.08. The summed E-state index contributed by atoms with van der Waals surface area (Å²) < 4.78 is 0. The molecule has 6 nitrogen and oxygen atoms in total. The first-order chi connectivity index (χ1) is 24.6. The van der Waals surface area contributed by atoms with Gasteiger partial charge in [-0.2, -0.15) is 0 Å². The molecule has 51 heavy (non-hydrogen) atoms. The first-order valence-corrected chi connectivity index (χ1v) is 18.9. The number of benzene rings is 2. The maximum atomic E-state index is 12.9. The molecule has 0 saturated carbocycles. The van der Waals surface area contributed by atoms with E-state index in [-0.39, 0.29) is 23.5 Å². The number of hydrogen-bond donors (Lipinski definition) is 3. The monoisotopic (exact) mass is 690 g/mol. The van der Waals surface area contributed by atoms with E-state index in [0.717, 1.165) is 106 Å². The largest absolute Gasteiger partial charge is 0.506 e. The van der Waals surface area contributed by atoms with E-state index in [1.807, 2.05) is 24.3 Å². The molecule has 0 aliphatic heterocycles. The van der Waals surface area contributed by atoms with Crippen LogP contribution >= 0.6 is 0 Å². The van der Waals surface area contributed by atoms with Crippen LogP contribution in [0.3, 0.4) is 0 Å². The van der Waals surface area contributed by atoms with E-state index in [1.165, 1.54) is 0 Å². The number of amides is 1. The number of aromatic hydroxyl groups is 1. The molecule has 0 spiro atoms. The Balaban J connectivity index is 1.34. The number of unbranched alkanes of at least 4 members (excludes halogenated alkanes) is 12. The number of hydrogen-bond acceptors (Lipinski definition) is 4. The number of rotatable bonds is 21. The molecule has 3 rings (SSSR count). The summed E-state index contributed by atoms with van der Waals surface area (Å²) in [6, 6.07) is 9.30. The van der Waals surface area contributed by atoms with E-state index in [9.17, 15) is 14.7 Å². The summed E-state index contributed by atoms with van der Waals surface area (Å²) in [5, 5.41) is 24.3. The Hall–Kier alpha value is -4.55. The average Bonchev–Trinajstić information content (AvgIpc) is 3.10. The van der Waals surface area contributed by atoms with Gasteiger partial charge in [-0.15, -0.1) is 0 Å². The second-order valence-electron chi connectivity index (χ2n) is 14.3. The lowest BCUT2D eigenvalue weighted by molar-refractivity contribution is -0.137. The van der Waals surface area contributed by atoms with E-state index in [4.69, 9.17) is 10.1 Å². The first-order valence-electron chi connectivity index (χ1n) is 18.9. The highest BCUT2D eigenvalue weighted by Gasteiger charge is 2.33. The molecule has 1 aliphatic carbocycles. The summed E-state index contributed by atoms with van der Waals surface area (Å²) in [6.07, 6.45) is 25.3. The fourth-order valence-electron chi connectivity index (χ4n) is 6.55. The Kier molecular flexibility index (Phi) is 17.9. The van der Waals surface area contributed by atoms with Gasteiger partial charge in [0.2, 0.25) is 5.91 Å². The van der Waals surface area contributed by atoms with Crippen molar-refractivity contribution in [1.82, 2.24) is 0 Å². The summed E-state index contributed by atoms with van der Waals surface area (Å²) in [5.74, 6) is 12.1. The number of fused-ring (bicyclic) bond motifs is 1. The summed E-state index contributed by atoms with van der Waals surface area (Å²) >= 11 is 0. The maximum Gasteiger partial charge on any atom is 0.303 e. The van der Waals surface area contributed by atoms with Crippen molar-refractivity contribution in [3.63, 3.8) is 0 Å². The lowest BCUT2D eigenvalue weighted by Gasteiger charge is -2.37. The molecule has 0 heterocycles. The van der Waals surface area contributed by atoms with Gasteiger partial charge in [-0.05, 0) is 60.3 Å². The van der Waals surface area contributed by atoms with Gasteiger partial charge in [0.25, 0.3) is 0 Å². The number of carboxylic acids is 1. The number of carbonyl (C=O) groups excluding carboxylic acids is 1. The third-order valence-electron chi connectivity index (χ3n) is 9.83. The van der Waals surface area contributed by atoms with Crippen molar-refractivity contribution in [2.24, 2.45) is 22.2 Å². The number of nitrogens with one attached hydrogen (secondary N) is 1. The van der Waals surface area contributed by atoms with Crippen LogP contribution in [0.1, 0.15) is 124 Å². The summed E-state index contributed by atoms with van der Waals surface area (Å²) in [5.41, 5.74) is 1.73. The minimum absolute atomic E-state index is 0.0196. The average molecular weight is 691 g/mol. The van der Waals surface area contributed by atoms with Gasteiger partial charge in [-0.3, -0.25) is 14.6 Å². The van der Waals surface area contributed by atoms with E-state index < -0.39 is 5.97 Å². The minimum Gasteiger partial charge on any atom is -0.506 e. The van der Waals surface area contributed by atoms with E-state index in [2.05, 4.69) is 80.7 Å². The molecule has 1 amide bonds. The van der Waals surface area contributed by atoms with Crippen molar-refractivity contribution in [2.45, 2.75) is 124 Å². The number of phenolic OH excluding ortho intramolecular Hbond substituents is 1. The number of anilines is 1. The molecule has 0 bridgehead atoms. The number of nitrogens with zero attached hydrogens (tertiary/aromatic N) is 1. The third-order valence-corrected chi connectivity index (χ3v) is 9.83. The molecule has 0 fully saturated rings. The predicted molar refractivity (Wildman–Crippen MR) is 213 cm³/mol. The van der Waals surface area contributed by atoms with Gasteiger partial charge in [0.1, 0.15) is 11.4 Å². The summed E-state index contributed by atoms with van der Waals surface area (Å²) in [4.78, 5) is 28.1. The van der Waals surface area contributed by atoms with Gasteiger partial charge in [-0.25, -0.2) is 0 Å². The molecule has 2 unspecified atom stereocenters. The number of carbonyl (C=O) groups is 2. The normalized spacial score (nSPS) is 15.3. The van der Waals surface area contributed by atoms with Crippen molar-refractivity contribution < 1.29 is 19.8 Å². The van der Waals surface area contributed by atoms with Crippen molar-refractivity contribution >= 4 is 40.2 Å². The molecule has 0 saturated heterocycles. The fourth-order valence-corrected chi connectivity index (χ4v) is 6.55. The van der Waals surface area contributed by atoms with Crippen LogP contribution in [-0.2, 0) is 9.59 Å². The van der Waals surface area contributed by atoms with E-state index >= 15 is 0 Å². The highest BCUT2D eigenvalue weighted by Crippen LogP contribution is 2.43. The minimum atomic E-state index is -0.706. The highest BCUT2D eigenvalue weighted by atomic mass is 16.4. The second kappa shape index (κ2) is 22.3. The molecular formula is C45H58N2O4. The maximum absolute atomic E-state index is 12.9. The van der Waals surface area contributed by atoms with Crippen LogP contribution in [-0.4, -0.2) is 28.3 Å². The van der Waals surface area contributed by atoms with Crippen LogP contribution < -0.4 is 5.32 Å². The Morgan fingerprint density at radius 3 is 2.00 bits per heavy atom. The quantitative estimate of drug-likeness (QED) is 0.0689. The SMILES string of the molecule is C=C(/C=N\c1c(O)cc(NC(=O)CCCCCCCCC#CC#CCCCCCCCCC(=O)O)c2ccccc12)C(C)(C)C1C=CC=CC1C. The summed E-state index contributed by atoms with van der Waals surface area (Å²) in [6.45, 7) is 10.9.